The Morgan fingerprint density at radius 2 is 2.10 bits per heavy atom. The molecule has 114 valence electrons. The molecule has 2 rings (SSSR count). The second kappa shape index (κ2) is 6.24. The summed E-state index contributed by atoms with van der Waals surface area (Å²) in [4.78, 5) is 25.7. The van der Waals surface area contributed by atoms with Gasteiger partial charge in [0.2, 0.25) is 11.8 Å². The maximum atomic E-state index is 13.1. The molecule has 0 spiro atoms. The van der Waals surface area contributed by atoms with E-state index in [0.29, 0.717) is 13.0 Å². The Kier molecular flexibility index (Phi) is 4.60. The average Bonchev–Trinajstić information content (AvgIpc) is 2.40. The smallest absolute Gasteiger partial charge is 0.243 e. The van der Waals surface area contributed by atoms with Crippen LogP contribution in [0.2, 0.25) is 0 Å². The molecule has 1 atom stereocenters. The Bertz CT molecular complexity index is 557. The number of rotatable bonds is 4. The Labute approximate surface area is 124 Å². The lowest BCUT2D eigenvalue weighted by Crippen LogP contribution is -2.60. The molecule has 0 radical (unpaired) electrons. The summed E-state index contributed by atoms with van der Waals surface area (Å²) in [7, 11) is 0. The van der Waals surface area contributed by atoms with Gasteiger partial charge in [0.05, 0.1) is 6.54 Å². The van der Waals surface area contributed by atoms with Crippen molar-refractivity contribution in [3.05, 3.63) is 35.1 Å². The molecule has 0 aliphatic carbocycles. The number of carbonyl (C=O) groups is 2. The molecule has 0 bridgehead atoms. The summed E-state index contributed by atoms with van der Waals surface area (Å²) in [5, 5.41) is 2.63. The summed E-state index contributed by atoms with van der Waals surface area (Å²) in [6, 6.07) is 4.23. The van der Waals surface area contributed by atoms with Crippen LogP contribution in [0.3, 0.4) is 0 Å². The monoisotopic (exact) mass is 292 g/mol. The second-order valence-electron chi connectivity index (χ2n) is 5.81. The first kappa shape index (κ1) is 15.5. The molecule has 1 aromatic carbocycles. The largest absolute Gasteiger partial charge is 0.345 e. The minimum atomic E-state index is -0.424. The fraction of sp³-hybridized carbons (Fsp3) is 0.500. The summed E-state index contributed by atoms with van der Waals surface area (Å²) < 4.78 is 13.1. The topological polar surface area (TPSA) is 49.4 Å². The van der Waals surface area contributed by atoms with Crippen molar-refractivity contribution in [1.82, 2.24) is 10.2 Å². The molecule has 1 aromatic rings. The summed E-state index contributed by atoms with van der Waals surface area (Å²) in [5.74, 6) is -0.359. The van der Waals surface area contributed by atoms with Crippen molar-refractivity contribution in [3.8, 4) is 0 Å². The third-order valence-electron chi connectivity index (χ3n) is 3.90. The number of hydrogen-bond acceptors (Lipinski definition) is 2. The number of carbonyl (C=O) groups excluding carboxylic acids is 2. The standard InChI is InChI=1S/C16H21FN2O2/c1-10(2)15-16(21)18-9-14(20)19(15)7-6-12-4-5-13(17)8-11(12)3/h4-5,8,10,15H,6-7,9H2,1-3H3,(H,18,21). The van der Waals surface area contributed by atoms with E-state index in [2.05, 4.69) is 5.32 Å². The Morgan fingerprint density at radius 1 is 1.38 bits per heavy atom. The quantitative estimate of drug-likeness (QED) is 0.917. The van der Waals surface area contributed by atoms with Gasteiger partial charge in [0.1, 0.15) is 11.9 Å². The van der Waals surface area contributed by atoms with E-state index in [1.54, 1.807) is 11.0 Å². The van der Waals surface area contributed by atoms with Gasteiger partial charge >= 0.3 is 0 Å². The Morgan fingerprint density at radius 3 is 2.71 bits per heavy atom. The van der Waals surface area contributed by atoms with Crippen molar-refractivity contribution in [3.63, 3.8) is 0 Å². The zero-order valence-corrected chi connectivity index (χ0v) is 12.6. The number of halogens is 1. The first-order valence-corrected chi connectivity index (χ1v) is 7.22. The van der Waals surface area contributed by atoms with E-state index in [4.69, 9.17) is 0 Å². The van der Waals surface area contributed by atoms with Crippen molar-refractivity contribution < 1.29 is 14.0 Å². The zero-order chi connectivity index (χ0) is 15.6. The third-order valence-corrected chi connectivity index (χ3v) is 3.90. The van der Waals surface area contributed by atoms with E-state index in [9.17, 15) is 14.0 Å². The Hall–Kier alpha value is -1.91. The lowest BCUT2D eigenvalue weighted by atomic mass is 9.98. The van der Waals surface area contributed by atoms with Crippen molar-refractivity contribution in [2.75, 3.05) is 13.1 Å². The lowest BCUT2D eigenvalue weighted by Gasteiger charge is -2.37. The first-order chi connectivity index (χ1) is 9.90. The van der Waals surface area contributed by atoms with E-state index in [-0.39, 0.29) is 30.1 Å². The predicted octanol–water partition coefficient (Wildman–Crippen LogP) is 1.66. The molecule has 21 heavy (non-hydrogen) atoms. The van der Waals surface area contributed by atoms with Crippen LogP contribution in [-0.4, -0.2) is 35.8 Å². The highest BCUT2D eigenvalue weighted by Crippen LogP contribution is 2.17. The van der Waals surface area contributed by atoms with Crippen LogP contribution in [0.1, 0.15) is 25.0 Å². The summed E-state index contributed by atoms with van der Waals surface area (Å²) >= 11 is 0. The van der Waals surface area contributed by atoms with Gasteiger partial charge in [-0.1, -0.05) is 19.9 Å². The molecule has 2 amide bonds. The summed E-state index contributed by atoms with van der Waals surface area (Å²) in [5.41, 5.74) is 1.86. The third kappa shape index (κ3) is 3.40. The Balaban J connectivity index is 2.12. The van der Waals surface area contributed by atoms with E-state index in [1.807, 2.05) is 20.8 Å². The van der Waals surface area contributed by atoms with Crippen molar-refractivity contribution in [2.24, 2.45) is 5.92 Å². The molecule has 0 saturated carbocycles. The van der Waals surface area contributed by atoms with Crippen LogP contribution in [0.15, 0.2) is 18.2 Å². The van der Waals surface area contributed by atoms with Crippen LogP contribution in [-0.2, 0) is 16.0 Å². The molecule has 5 heteroatoms. The van der Waals surface area contributed by atoms with Crippen molar-refractivity contribution in [2.45, 2.75) is 33.2 Å². The average molecular weight is 292 g/mol. The van der Waals surface area contributed by atoms with Crippen molar-refractivity contribution >= 4 is 11.8 Å². The van der Waals surface area contributed by atoms with Gasteiger partial charge in [0.25, 0.3) is 0 Å². The molecule has 1 unspecified atom stereocenters. The van der Waals surface area contributed by atoms with Gasteiger partial charge in [0, 0.05) is 6.54 Å². The van der Waals surface area contributed by atoms with Crippen LogP contribution in [0, 0.1) is 18.7 Å². The van der Waals surface area contributed by atoms with Gasteiger partial charge in [-0.2, -0.15) is 0 Å². The van der Waals surface area contributed by atoms with Gasteiger partial charge in [-0.15, -0.1) is 0 Å². The highest BCUT2D eigenvalue weighted by Gasteiger charge is 2.36. The van der Waals surface area contributed by atoms with E-state index in [0.717, 1.165) is 11.1 Å². The van der Waals surface area contributed by atoms with Crippen LogP contribution in [0.25, 0.3) is 0 Å². The normalized spacial score (nSPS) is 19.1. The first-order valence-electron chi connectivity index (χ1n) is 7.22. The number of benzene rings is 1. The molecule has 1 heterocycles. The highest BCUT2D eigenvalue weighted by atomic mass is 19.1. The minimum absolute atomic E-state index is 0.0589. The second-order valence-corrected chi connectivity index (χ2v) is 5.81. The fourth-order valence-corrected chi connectivity index (χ4v) is 2.77. The molecule has 1 aliphatic heterocycles. The molecular weight excluding hydrogens is 271 g/mol. The number of nitrogens with zero attached hydrogens (tertiary/aromatic N) is 1. The van der Waals surface area contributed by atoms with Gasteiger partial charge in [-0.3, -0.25) is 9.59 Å². The van der Waals surface area contributed by atoms with Crippen LogP contribution < -0.4 is 5.32 Å². The number of aryl methyl sites for hydroxylation is 1. The van der Waals surface area contributed by atoms with Gasteiger partial charge in [-0.25, -0.2) is 4.39 Å². The molecular formula is C16H21FN2O2. The van der Waals surface area contributed by atoms with E-state index < -0.39 is 6.04 Å². The van der Waals surface area contributed by atoms with Gasteiger partial charge in [0.15, 0.2) is 0 Å². The van der Waals surface area contributed by atoms with Gasteiger partial charge in [-0.05, 0) is 42.5 Å². The number of piperazine rings is 1. The van der Waals surface area contributed by atoms with Crippen LogP contribution in [0.5, 0.6) is 0 Å². The molecule has 4 nitrogen and oxygen atoms in total. The molecule has 1 aliphatic rings. The minimum Gasteiger partial charge on any atom is -0.345 e. The fourth-order valence-electron chi connectivity index (χ4n) is 2.77. The molecule has 1 N–H and O–H groups in total. The molecule has 0 aromatic heterocycles. The highest BCUT2D eigenvalue weighted by molar-refractivity contribution is 5.94. The number of amides is 2. The van der Waals surface area contributed by atoms with Crippen LogP contribution >= 0.6 is 0 Å². The number of hydrogen-bond donors (Lipinski definition) is 1. The maximum Gasteiger partial charge on any atom is 0.243 e. The number of nitrogens with one attached hydrogen (secondary N) is 1. The van der Waals surface area contributed by atoms with Crippen molar-refractivity contribution in [1.29, 1.82) is 0 Å². The van der Waals surface area contributed by atoms with Gasteiger partial charge < -0.3 is 10.2 Å². The maximum absolute atomic E-state index is 13.1. The van der Waals surface area contributed by atoms with E-state index in [1.165, 1.54) is 12.1 Å². The van der Waals surface area contributed by atoms with E-state index >= 15 is 0 Å². The summed E-state index contributed by atoms with van der Waals surface area (Å²) in [6.07, 6.45) is 0.619. The summed E-state index contributed by atoms with van der Waals surface area (Å²) in [6.45, 7) is 6.24. The molecule has 1 saturated heterocycles. The lowest BCUT2D eigenvalue weighted by molar-refractivity contribution is -0.147. The SMILES string of the molecule is Cc1cc(F)ccc1CCN1C(=O)CNC(=O)C1C(C)C. The predicted molar refractivity (Wildman–Crippen MR) is 78.2 cm³/mol. The van der Waals surface area contributed by atoms with Crippen LogP contribution in [0.4, 0.5) is 4.39 Å². The zero-order valence-electron chi connectivity index (χ0n) is 12.6. The molecule has 1 fully saturated rings.